The predicted octanol–water partition coefficient (Wildman–Crippen LogP) is -0.335. The van der Waals surface area contributed by atoms with E-state index in [1.165, 1.54) is 0 Å². The van der Waals surface area contributed by atoms with Crippen molar-refractivity contribution in [3.05, 3.63) is 35.9 Å². The molecule has 0 saturated carbocycles. The fourth-order valence-corrected chi connectivity index (χ4v) is 2.28. The molecule has 1 aromatic carbocycles. The summed E-state index contributed by atoms with van der Waals surface area (Å²) < 4.78 is 0. The Morgan fingerprint density at radius 3 is 2.61 bits per heavy atom. The summed E-state index contributed by atoms with van der Waals surface area (Å²) in [5.41, 5.74) is 3.28. The molecule has 0 aliphatic carbocycles. The molecule has 98 valence electrons. The van der Waals surface area contributed by atoms with Gasteiger partial charge in [0.05, 0.1) is 5.92 Å². The third kappa shape index (κ3) is 3.29. The van der Waals surface area contributed by atoms with Crippen LogP contribution in [-0.4, -0.2) is 43.5 Å². The van der Waals surface area contributed by atoms with Gasteiger partial charge in [-0.05, 0) is 5.56 Å². The van der Waals surface area contributed by atoms with E-state index in [1.807, 2.05) is 30.3 Å². The van der Waals surface area contributed by atoms with Crippen LogP contribution in [0.3, 0.4) is 0 Å². The number of carbonyl (C=O) groups excluding carboxylic acids is 1. The van der Waals surface area contributed by atoms with Crippen LogP contribution in [0.4, 0.5) is 0 Å². The van der Waals surface area contributed by atoms with Crippen LogP contribution in [0.2, 0.25) is 0 Å². The molecule has 0 bridgehead atoms. The highest BCUT2D eigenvalue weighted by Gasteiger charge is 2.23. The number of nitrogens with two attached hydrogens (primary N) is 1. The number of benzene rings is 1. The molecule has 1 saturated heterocycles. The van der Waals surface area contributed by atoms with Crippen molar-refractivity contribution in [3.8, 4) is 0 Å². The first-order valence-electron chi connectivity index (χ1n) is 6.29. The number of carbonyl (C=O) groups is 1. The van der Waals surface area contributed by atoms with E-state index < -0.39 is 0 Å². The highest BCUT2D eigenvalue weighted by Crippen LogP contribution is 2.17. The van der Waals surface area contributed by atoms with Gasteiger partial charge in [0, 0.05) is 32.7 Å². The van der Waals surface area contributed by atoms with E-state index in [-0.39, 0.29) is 11.8 Å². The van der Waals surface area contributed by atoms with E-state index in [2.05, 4.69) is 15.6 Å². The van der Waals surface area contributed by atoms with Crippen LogP contribution >= 0.6 is 0 Å². The summed E-state index contributed by atoms with van der Waals surface area (Å²) in [6, 6.07) is 9.80. The monoisotopic (exact) mass is 248 g/mol. The molecule has 1 aliphatic rings. The van der Waals surface area contributed by atoms with Gasteiger partial charge in [-0.25, -0.2) is 5.84 Å². The second kappa shape index (κ2) is 6.49. The Morgan fingerprint density at radius 2 is 2.00 bits per heavy atom. The quantitative estimate of drug-likeness (QED) is 0.387. The number of hydrogen-bond acceptors (Lipinski definition) is 4. The zero-order chi connectivity index (χ0) is 12.8. The van der Waals surface area contributed by atoms with Gasteiger partial charge in [0.25, 0.3) is 0 Å². The lowest BCUT2D eigenvalue weighted by molar-refractivity contribution is -0.123. The average molecular weight is 248 g/mol. The van der Waals surface area contributed by atoms with Crippen LogP contribution in [0, 0.1) is 0 Å². The lowest BCUT2D eigenvalue weighted by Gasteiger charge is -2.30. The van der Waals surface area contributed by atoms with Crippen molar-refractivity contribution < 1.29 is 4.79 Å². The van der Waals surface area contributed by atoms with Gasteiger partial charge in [0.2, 0.25) is 5.91 Å². The molecule has 0 radical (unpaired) electrons. The summed E-state index contributed by atoms with van der Waals surface area (Å²) in [5.74, 6) is 4.96. The van der Waals surface area contributed by atoms with Crippen LogP contribution < -0.4 is 16.6 Å². The Bertz CT molecular complexity index is 376. The molecule has 4 N–H and O–H groups in total. The maximum atomic E-state index is 11.9. The molecule has 1 heterocycles. The van der Waals surface area contributed by atoms with Gasteiger partial charge < -0.3 is 5.32 Å². The largest absolute Gasteiger partial charge is 0.314 e. The summed E-state index contributed by atoms with van der Waals surface area (Å²) in [6.45, 7) is 4.62. The Morgan fingerprint density at radius 1 is 1.33 bits per heavy atom. The topological polar surface area (TPSA) is 70.4 Å². The number of hydrogen-bond donors (Lipinski definition) is 3. The summed E-state index contributed by atoms with van der Waals surface area (Å²) in [4.78, 5) is 14.2. The van der Waals surface area contributed by atoms with E-state index in [1.54, 1.807) is 0 Å². The van der Waals surface area contributed by atoms with Gasteiger partial charge in [-0.15, -0.1) is 0 Å². The van der Waals surface area contributed by atoms with Crippen LogP contribution in [0.25, 0.3) is 0 Å². The van der Waals surface area contributed by atoms with Crippen molar-refractivity contribution in [2.24, 2.45) is 5.84 Å². The van der Waals surface area contributed by atoms with E-state index >= 15 is 0 Å². The van der Waals surface area contributed by atoms with Gasteiger partial charge in [0.15, 0.2) is 0 Å². The second-order valence-corrected chi connectivity index (χ2v) is 4.52. The van der Waals surface area contributed by atoms with Crippen LogP contribution in [-0.2, 0) is 4.79 Å². The Balaban J connectivity index is 2.07. The maximum Gasteiger partial charge on any atom is 0.242 e. The predicted molar refractivity (Wildman–Crippen MR) is 70.8 cm³/mol. The van der Waals surface area contributed by atoms with Crippen molar-refractivity contribution >= 4 is 5.91 Å². The maximum absolute atomic E-state index is 11.9. The van der Waals surface area contributed by atoms with Gasteiger partial charge in [-0.2, -0.15) is 0 Å². The van der Waals surface area contributed by atoms with Crippen molar-refractivity contribution in [1.29, 1.82) is 0 Å². The summed E-state index contributed by atoms with van der Waals surface area (Å²) in [7, 11) is 0. The molecule has 5 nitrogen and oxygen atoms in total. The van der Waals surface area contributed by atoms with E-state index in [0.717, 1.165) is 31.7 Å². The molecule has 1 unspecified atom stereocenters. The molecular weight excluding hydrogens is 228 g/mol. The molecule has 5 heteroatoms. The SMILES string of the molecule is NNC(=O)C(CN1CCNCC1)c1ccccc1. The second-order valence-electron chi connectivity index (χ2n) is 4.52. The number of amides is 1. The summed E-state index contributed by atoms with van der Waals surface area (Å²) >= 11 is 0. The lowest BCUT2D eigenvalue weighted by Crippen LogP contribution is -2.47. The minimum atomic E-state index is -0.200. The molecule has 1 aliphatic heterocycles. The third-order valence-corrected chi connectivity index (χ3v) is 3.31. The Hall–Kier alpha value is -1.43. The molecule has 1 aromatic rings. The molecule has 18 heavy (non-hydrogen) atoms. The minimum absolute atomic E-state index is 0.125. The van der Waals surface area contributed by atoms with Gasteiger partial charge in [-0.1, -0.05) is 30.3 Å². The number of rotatable bonds is 4. The molecule has 1 amide bonds. The van der Waals surface area contributed by atoms with E-state index in [4.69, 9.17) is 5.84 Å². The summed E-state index contributed by atoms with van der Waals surface area (Å²) in [6.07, 6.45) is 0. The fraction of sp³-hybridized carbons (Fsp3) is 0.462. The number of hydrazine groups is 1. The highest BCUT2D eigenvalue weighted by molar-refractivity contribution is 5.83. The van der Waals surface area contributed by atoms with Crippen molar-refractivity contribution in [3.63, 3.8) is 0 Å². The number of nitrogens with one attached hydrogen (secondary N) is 2. The van der Waals surface area contributed by atoms with Gasteiger partial charge in [0.1, 0.15) is 0 Å². The zero-order valence-electron chi connectivity index (χ0n) is 10.4. The van der Waals surface area contributed by atoms with Crippen molar-refractivity contribution in [2.45, 2.75) is 5.92 Å². The third-order valence-electron chi connectivity index (χ3n) is 3.31. The van der Waals surface area contributed by atoms with Crippen LogP contribution in [0.5, 0.6) is 0 Å². The van der Waals surface area contributed by atoms with Gasteiger partial charge in [-0.3, -0.25) is 15.1 Å². The minimum Gasteiger partial charge on any atom is -0.314 e. The molecule has 1 fully saturated rings. The first-order chi connectivity index (χ1) is 8.81. The smallest absolute Gasteiger partial charge is 0.242 e. The average Bonchev–Trinajstić information content (AvgIpc) is 2.46. The number of nitrogens with zero attached hydrogens (tertiary/aromatic N) is 1. The van der Waals surface area contributed by atoms with Crippen LogP contribution in [0.1, 0.15) is 11.5 Å². The van der Waals surface area contributed by atoms with E-state index in [9.17, 15) is 4.79 Å². The van der Waals surface area contributed by atoms with Crippen molar-refractivity contribution in [2.75, 3.05) is 32.7 Å². The zero-order valence-corrected chi connectivity index (χ0v) is 10.4. The Labute approximate surface area is 107 Å². The lowest BCUT2D eigenvalue weighted by atomic mass is 9.97. The molecular formula is C13H20N4O. The first-order valence-corrected chi connectivity index (χ1v) is 6.29. The molecule has 2 rings (SSSR count). The standard InChI is InChI=1S/C13H20N4O/c14-16-13(18)12(11-4-2-1-3-5-11)10-17-8-6-15-7-9-17/h1-5,12,15H,6-10,14H2,(H,16,18). The van der Waals surface area contributed by atoms with E-state index in [0.29, 0.717) is 6.54 Å². The summed E-state index contributed by atoms with van der Waals surface area (Å²) in [5, 5.41) is 3.30. The molecule has 1 atom stereocenters. The molecule has 0 spiro atoms. The molecule has 0 aromatic heterocycles. The Kier molecular flexibility index (Phi) is 4.69. The van der Waals surface area contributed by atoms with Gasteiger partial charge >= 0.3 is 0 Å². The normalized spacial score (nSPS) is 18.3. The number of piperazine rings is 1. The first kappa shape index (κ1) is 13.0. The fourth-order valence-electron chi connectivity index (χ4n) is 2.28. The van der Waals surface area contributed by atoms with Crippen LogP contribution in [0.15, 0.2) is 30.3 Å². The van der Waals surface area contributed by atoms with Crippen molar-refractivity contribution in [1.82, 2.24) is 15.6 Å². The highest BCUT2D eigenvalue weighted by atomic mass is 16.2.